The Morgan fingerprint density at radius 3 is 1.50 bits per heavy atom. The monoisotopic (exact) mass is 1220 g/mol. The lowest BCUT2D eigenvalue weighted by atomic mass is 9.91. The van der Waals surface area contributed by atoms with Crippen LogP contribution < -0.4 is 34.1 Å². The van der Waals surface area contributed by atoms with Crippen LogP contribution in [0, 0.1) is 11.8 Å². The second kappa shape index (κ2) is 26.1. The Morgan fingerprint density at radius 2 is 1.00 bits per heavy atom. The van der Waals surface area contributed by atoms with Crippen molar-refractivity contribution < 1.29 is 46.7 Å². The molecule has 2 atom stereocenters. The largest absolute Gasteiger partial charge is 0.497 e. The molecule has 2 aromatic heterocycles. The number of amides is 6. The number of methoxy groups -OCH3 is 1. The van der Waals surface area contributed by atoms with E-state index >= 15 is 0 Å². The zero-order valence-corrected chi connectivity index (χ0v) is 50.4. The van der Waals surface area contributed by atoms with Crippen molar-refractivity contribution in [2.75, 3.05) is 49.6 Å². The van der Waals surface area contributed by atoms with Crippen molar-refractivity contribution in [1.29, 1.82) is 0 Å². The highest BCUT2D eigenvalue weighted by Crippen LogP contribution is 2.43. The maximum absolute atomic E-state index is 14.6. The molecule has 20 heteroatoms. The number of nitrogens with one attached hydrogen (secondary N) is 2. The summed E-state index contributed by atoms with van der Waals surface area (Å²) in [6.07, 6.45) is -0.474. The van der Waals surface area contributed by atoms with Gasteiger partial charge in [-0.3, -0.25) is 48.8 Å². The van der Waals surface area contributed by atoms with Gasteiger partial charge in [-0.1, -0.05) is 78.9 Å². The third kappa shape index (κ3) is 12.4. The molecule has 0 bridgehead atoms. The van der Waals surface area contributed by atoms with Crippen LogP contribution in [0.3, 0.4) is 0 Å². The zero-order chi connectivity index (χ0) is 63.4. The van der Waals surface area contributed by atoms with Gasteiger partial charge in [0.25, 0.3) is 0 Å². The van der Waals surface area contributed by atoms with E-state index in [1.165, 1.54) is 31.7 Å². The van der Waals surface area contributed by atoms with Crippen molar-refractivity contribution >= 4 is 91.8 Å². The fourth-order valence-electron chi connectivity index (χ4n) is 12.2. The van der Waals surface area contributed by atoms with Crippen LogP contribution in [0.1, 0.15) is 68.7 Å². The number of hydrogen-bond acceptors (Lipinski definition) is 9. The van der Waals surface area contributed by atoms with Crippen LogP contribution in [0.2, 0.25) is 0 Å². The number of alkyl halides is 3. The summed E-state index contributed by atoms with van der Waals surface area (Å²) < 4.78 is 45.1. The van der Waals surface area contributed by atoms with Crippen LogP contribution in [-0.4, -0.2) is 88.1 Å². The van der Waals surface area contributed by atoms with Crippen molar-refractivity contribution in [2.45, 2.75) is 84.5 Å². The van der Waals surface area contributed by atoms with Gasteiger partial charge >= 0.3 is 6.18 Å². The Bertz CT molecular complexity index is 4100. The van der Waals surface area contributed by atoms with E-state index in [1.807, 2.05) is 105 Å². The molecule has 0 fully saturated rings. The van der Waals surface area contributed by atoms with Crippen molar-refractivity contribution in [3.63, 3.8) is 0 Å². The lowest BCUT2D eigenvalue weighted by molar-refractivity contribution is -0.137. The maximum atomic E-state index is 14.6. The number of fused-ring (bicyclic) bond motifs is 4. The van der Waals surface area contributed by atoms with E-state index in [2.05, 4.69) is 20.4 Å². The van der Waals surface area contributed by atoms with Gasteiger partial charge in [0.1, 0.15) is 30.7 Å². The molecular weight excluding hydrogens is 1150 g/mol. The molecule has 12 rings (SSSR count). The first kappa shape index (κ1) is 61.3. The third-order valence-electron chi connectivity index (χ3n) is 16.5. The van der Waals surface area contributed by atoms with Gasteiger partial charge in [-0.05, 0) is 162 Å². The highest BCUT2D eigenvalue weighted by Gasteiger charge is 2.45. The summed E-state index contributed by atoms with van der Waals surface area (Å²) in [5.74, 6) is -4.22. The average Bonchev–Trinajstić information content (AvgIpc) is 1.66. The normalized spacial score (nSPS) is 15.8. The predicted molar refractivity (Wildman–Crippen MR) is 340 cm³/mol. The molecule has 2 N–H and O–H groups in total. The fraction of sp³-hybridized carbons (Fsp3) is 0.257. The van der Waals surface area contributed by atoms with Gasteiger partial charge in [-0.15, -0.1) is 0 Å². The van der Waals surface area contributed by atoms with Gasteiger partial charge in [-0.2, -0.15) is 23.4 Å². The number of para-hydroxylation sites is 7. The summed E-state index contributed by atoms with van der Waals surface area (Å²) in [7, 11) is 1.60. The molecule has 1 aliphatic carbocycles. The molecule has 0 saturated heterocycles. The lowest BCUT2D eigenvalue weighted by Crippen LogP contribution is -2.48. The maximum Gasteiger partial charge on any atom is 0.416 e. The lowest BCUT2D eigenvalue weighted by Gasteiger charge is -2.31. The molecule has 460 valence electrons. The van der Waals surface area contributed by atoms with Crippen LogP contribution in [0.5, 0.6) is 5.75 Å². The van der Waals surface area contributed by atoms with Gasteiger partial charge in [0.2, 0.25) is 35.4 Å². The van der Waals surface area contributed by atoms with Gasteiger partial charge in [0.15, 0.2) is 0 Å². The number of aromatic amines is 2. The van der Waals surface area contributed by atoms with Gasteiger partial charge in [0.05, 0.1) is 46.6 Å². The Balaban J connectivity index is 0.000000185. The first-order valence-electron chi connectivity index (χ1n) is 29.9. The number of carbonyl (C=O) groups excluding carboxylic acids is 6. The number of halogens is 3. The first-order valence-corrected chi connectivity index (χ1v) is 29.9. The van der Waals surface area contributed by atoms with E-state index in [0.29, 0.717) is 56.8 Å². The number of rotatable bonds is 15. The molecule has 0 spiro atoms. The molecule has 4 heterocycles. The summed E-state index contributed by atoms with van der Waals surface area (Å²) in [5, 5.41) is 15.8. The summed E-state index contributed by atoms with van der Waals surface area (Å²) in [4.78, 5) is 95.1. The fourth-order valence-corrected chi connectivity index (χ4v) is 12.2. The standard InChI is InChI=1S/C35H30F3N5O3.C35H37N5O4/c1-22(2)42(25-18-16-23(17-19-25)35(36,37)38)32(44)21-41-30-14-8-9-15-31(30)43(24-10-4-3-5-11-24)34(46)27(33(41)45)20-29-26-12-6-7-13-28(26)39-40-29;1-23(2)39(25-17-19-26(44-3)20-18-25)33(41)22-38-31-15-9-10-16-32(31)40(24-11-5-4-6-12-24)35(43)28(34(38)42)21-30-27-13-7-8-14-29(27)36-37-30/h3-19,22,27H,20-21H2,1-2H3,(H,39,40);4-6,9-12,15-20,23,28H,7-8,13-14,21-22H2,1-3H3,(H,36,37). The molecule has 2 unspecified atom stereocenters. The minimum Gasteiger partial charge on any atom is -0.497 e. The van der Waals surface area contributed by atoms with E-state index in [0.717, 1.165) is 60.2 Å². The molecule has 9 aromatic rings. The molecule has 17 nitrogen and oxygen atoms in total. The summed E-state index contributed by atoms with van der Waals surface area (Å²) in [6, 6.07) is 50.8. The highest BCUT2D eigenvalue weighted by atomic mass is 19.4. The number of aromatic nitrogens is 4. The summed E-state index contributed by atoms with van der Waals surface area (Å²) in [6.45, 7) is 6.66. The minimum atomic E-state index is -4.53. The number of anilines is 8. The summed E-state index contributed by atoms with van der Waals surface area (Å²) in [5.41, 5.74) is 7.38. The predicted octanol–water partition coefficient (Wildman–Crippen LogP) is 12.5. The summed E-state index contributed by atoms with van der Waals surface area (Å²) >= 11 is 0. The Labute approximate surface area is 518 Å². The van der Waals surface area contributed by atoms with E-state index < -0.39 is 59.8 Å². The van der Waals surface area contributed by atoms with E-state index in [4.69, 9.17) is 4.74 Å². The molecule has 0 saturated carbocycles. The minimum absolute atomic E-state index is 0.00695. The SMILES string of the molecule is CC(C)N(C(=O)CN1C(=O)C(Cc2[nH]nc3ccccc23)C(=O)N(c2ccccc2)c2ccccc21)c1ccc(C(F)(F)F)cc1.COc1ccc(N(C(=O)CN2C(=O)C(Cc3n[nH]c4c3CCCC4)C(=O)N(c3ccccc3)c3ccccc32)C(C)C)cc1. The Kier molecular flexibility index (Phi) is 17.8. The molecule has 2 aliphatic heterocycles. The zero-order valence-electron chi connectivity index (χ0n) is 50.4. The third-order valence-corrected chi connectivity index (χ3v) is 16.5. The molecule has 0 radical (unpaired) electrons. The van der Waals surface area contributed by atoms with Crippen molar-refractivity contribution in [1.82, 2.24) is 20.4 Å². The molecular formula is C70H67F3N10O7. The van der Waals surface area contributed by atoms with Gasteiger partial charge in [0, 0.05) is 64.4 Å². The second-order valence-corrected chi connectivity index (χ2v) is 22.9. The quantitative estimate of drug-likeness (QED) is 0.0941. The number of aryl methyl sites for hydroxylation is 1. The number of carbonyl (C=O) groups is 6. The first-order chi connectivity index (χ1) is 43.4. The van der Waals surface area contributed by atoms with Gasteiger partial charge < -0.3 is 24.3 Å². The topological polar surface area (TPSA) is 188 Å². The van der Waals surface area contributed by atoms with Crippen molar-refractivity contribution in [2.24, 2.45) is 11.8 Å². The molecule has 3 aliphatic rings. The molecule has 90 heavy (non-hydrogen) atoms. The Morgan fingerprint density at radius 1 is 0.544 bits per heavy atom. The number of nitrogens with zero attached hydrogens (tertiary/aromatic N) is 8. The van der Waals surface area contributed by atoms with Crippen LogP contribution >= 0.6 is 0 Å². The van der Waals surface area contributed by atoms with E-state index in [9.17, 15) is 41.9 Å². The number of hydrogen-bond donors (Lipinski definition) is 2. The number of ether oxygens (including phenoxy) is 1. The molecule has 6 amide bonds. The van der Waals surface area contributed by atoms with Crippen LogP contribution in [0.25, 0.3) is 10.9 Å². The smallest absolute Gasteiger partial charge is 0.416 e. The van der Waals surface area contributed by atoms with Crippen LogP contribution in [-0.2, 0) is 60.6 Å². The average molecular weight is 1220 g/mol. The van der Waals surface area contributed by atoms with Crippen molar-refractivity contribution in [3.05, 3.63) is 210 Å². The molecule has 7 aromatic carbocycles. The van der Waals surface area contributed by atoms with Crippen molar-refractivity contribution in [3.8, 4) is 5.75 Å². The number of H-pyrrole nitrogens is 2. The second-order valence-electron chi connectivity index (χ2n) is 22.9. The van der Waals surface area contributed by atoms with E-state index in [-0.39, 0.29) is 42.9 Å². The van der Waals surface area contributed by atoms with E-state index in [1.54, 1.807) is 97.5 Å². The van der Waals surface area contributed by atoms with Crippen LogP contribution in [0.15, 0.2) is 182 Å². The Hall–Kier alpha value is -10.4. The highest BCUT2D eigenvalue weighted by molar-refractivity contribution is 6.23. The van der Waals surface area contributed by atoms with Gasteiger partial charge in [-0.25, -0.2) is 0 Å². The van der Waals surface area contributed by atoms with Crippen LogP contribution in [0.4, 0.5) is 58.7 Å². The number of benzene rings is 7.